The van der Waals surface area contributed by atoms with Gasteiger partial charge in [0.25, 0.3) is 0 Å². The first-order chi connectivity index (χ1) is 10.0. The molecule has 6 nitrogen and oxygen atoms in total. The molecule has 0 saturated carbocycles. The molecule has 0 aliphatic carbocycles. The van der Waals surface area contributed by atoms with Gasteiger partial charge < -0.3 is 14.6 Å². The molecule has 0 atom stereocenters. The van der Waals surface area contributed by atoms with Gasteiger partial charge in [-0.1, -0.05) is 12.1 Å². The Kier molecular flexibility index (Phi) is 8.29. The van der Waals surface area contributed by atoms with Gasteiger partial charge in [0.05, 0.1) is 25.6 Å². The number of aryl methyl sites for hydroxylation is 1. The molecule has 0 radical (unpaired) electrons. The molecule has 1 rings (SSSR count). The third-order valence-electron chi connectivity index (χ3n) is 2.83. The average molecular weight is 317 g/mol. The summed E-state index contributed by atoms with van der Waals surface area (Å²) in [6.45, 7) is 1.41. The molecule has 21 heavy (non-hydrogen) atoms. The van der Waals surface area contributed by atoms with Gasteiger partial charge in [-0.15, -0.1) is 0 Å². The van der Waals surface area contributed by atoms with E-state index < -0.39 is 10.0 Å². The highest BCUT2D eigenvalue weighted by atomic mass is 32.2. The summed E-state index contributed by atoms with van der Waals surface area (Å²) < 4.78 is 35.8. The van der Waals surface area contributed by atoms with Crippen LogP contribution in [0.15, 0.2) is 24.3 Å². The first-order valence-electron chi connectivity index (χ1n) is 6.85. The van der Waals surface area contributed by atoms with E-state index in [9.17, 15) is 8.42 Å². The number of nitrogens with one attached hydrogen (secondary N) is 1. The molecule has 0 unspecified atom stereocenters. The Balaban J connectivity index is 2.14. The summed E-state index contributed by atoms with van der Waals surface area (Å²) in [6.07, 6.45) is 1.46. The first-order valence-corrected chi connectivity index (χ1v) is 8.50. The normalized spacial score (nSPS) is 11.7. The molecule has 7 heteroatoms. The third kappa shape index (κ3) is 8.67. The molecule has 0 heterocycles. The summed E-state index contributed by atoms with van der Waals surface area (Å²) in [5.74, 6) is 0.184. The summed E-state index contributed by atoms with van der Waals surface area (Å²) in [6, 6.07) is 6.90. The van der Waals surface area contributed by atoms with Gasteiger partial charge >= 0.3 is 0 Å². The standard InChI is InChI=1S/C14H23NO5S/c1-19-9-10-20-11-12-21(17,18)15-8-2-3-13-4-6-14(16)7-5-13/h4-7,15-16H,2-3,8-12H2,1H3. The van der Waals surface area contributed by atoms with Crippen LogP contribution in [0.4, 0.5) is 0 Å². The van der Waals surface area contributed by atoms with Crippen molar-refractivity contribution in [1.29, 1.82) is 0 Å². The van der Waals surface area contributed by atoms with E-state index in [0.29, 0.717) is 26.2 Å². The Bertz CT molecular complexity index is 487. The van der Waals surface area contributed by atoms with Crippen molar-refractivity contribution in [3.63, 3.8) is 0 Å². The zero-order chi connectivity index (χ0) is 15.6. The van der Waals surface area contributed by atoms with Crippen LogP contribution >= 0.6 is 0 Å². The highest BCUT2D eigenvalue weighted by Crippen LogP contribution is 2.10. The zero-order valence-corrected chi connectivity index (χ0v) is 13.1. The number of methoxy groups -OCH3 is 1. The molecule has 1 aromatic carbocycles. The molecular formula is C14H23NO5S. The van der Waals surface area contributed by atoms with E-state index in [0.717, 1.165) is 12.0 Å². The molecule has 0 fully saturated rings. The molecular weight excluding hydrogens is 294 g/mol. The largest absolute Gasteiger partial charge is 0.508 e. The molecule has 0 amide bonds. The van der Waals surface area contributed by atoms with Gasteiger partial charge in [0.2, 0.25) is 10.0 Å². The Morgan fingerprint density at radius 1 is 1.14 bits per heavy atom. The maximum atomic E-state index is 11.7. The summed E-state index contributed by atoms with van der Waals surface area (Å²) in [5.41, 5.74) is 1.06. The van der Waals surface area contributed by atoms with E-state index in [4.69, 9.17) is 14.6 Å². The Hall–Kier alpha value is -1.15. The molecule has 0 saturated heterocycles. The van der Waals surface area contributed by atoms with Crippen LogP contribution in [0.1, 0.15) is 12.0 Å². The summed E-state index contributed by atoms with van der Waals surface area (Å²) in [7, 11) is -1.72. The fourth-order valence-corrected chi connectivity index (χ4v) is 2.60. The lowest BCUT2D eigenvalue weighted by molar-refractivity contribution is 0.0784. The minimum Gasteiger partial charge on any atom is -0.508 e. The fourth-order valence-electron chi connectivity index (χ4n) is 1.67. The number of aromatic hydroxyl groups is 1. The van der Waals surface area contributed by atoms with Gasteiger partial charge in [-0.25, -0.2) is 13.1 Å². The van der Waals surface area contributed by atoms with Gasteiger partial charge in [-0.2, -0.15) is 0 Å². The molecule has 0 aromatic heterocycles. The van der Waals surface area contributed by atoms with Crippen LogP contribution in [0.3, 0.4) is 0 Å². The van der Waals surface area contributed by atoms with Gasteiger partial charge in [-0.05, 0) is 30.5 Å². The molecule has 0 bridgehead atoms. The van der Waals surface area contributed by atoms with Crippen LogP contribution in [0.25, 0.3) is 0 Å². The summed E-state index contributed by atoms with van der Waals surface area (Å²) in [4.78, 5) is 0. The summed E-state index contributed by atoms with van der Waals surface area (Å²) >= 11 is 0. The van der Waals surface area contributed by atoms with Crippen LogP contribution in [-0.2, 0) is 25.9 Å². The number of phenols is 1. The SMILES string of the molecule is COCCOCCS(=O)(=O)NCCCc1ccc(O)cc1. The number of hydrogen-bond donors (Lipinski definition) is 2. The van der Waals surface area contributed by atoms with Crippen LogP contribution in [0.5, 0.6) is 5.75 Å². The zero-order valence-electron chi connectivity index (χ0n) is 12.2. The Morgan fingerprint density at radius 2 is 1.86 bits per heavy atom. The number of phenolic OH excluding ortho intramolecular Hbond substituents is 1. The van der Waals surface area contributed by atoms with Gasteiger partial charge in [-0.3, -0.25) is 0 Å². The maximum absolute atomic E-state index is 11.7. The van der Waals surface area contributed by atoms with Crippen molar-refractivity contribution in [1.82, 2.24) is 4.72 Å². The summed E-state index contributed by atoms with van der Waals surface area (Å²) in [5, 5.41) is 9.16. The predicted octanol–water partition coefficient (Wildman–Crippen LogP) is 0.907. The number of sulfonamides is 1. The van der Waals surface area contributed by atoms with E-state index in [1.54, 1.807) is 19.2 Å². The Labute approximate surface area is 126 Å². The minimum absolute atomic E-state index is 0.0457. The topological polar surface area (TPSA) is 84.9 Å². The predicted molar refractivity (Wildman–Crippen MR) is 80.9 cm³/mol. The van der Waals surface area contributed by atoms with Crippen molar-refractivity contribution in [3.05, 3.63) is 29.8 Å². The lowest BCUT2D eigenvalue weighted by Gasteiger charge is -2.07. The molecule has 0 aliphatic heterocycles. The Morgan fingerprint density at radius 3 is 2.52 bits per heavy atom. The number of rotatable bonds is 11. The lowest BCUT2D eigenvalue weighted by atomic mass is 10.1. The van der Waals surface area contributed by atoms with E-state index in [1.807, 2.05) is 12.1 Å². The highest BCUT2D eigenvalue weighted by molar-refractivity contribution is 7.89. The van der Waals surface area contributed by atoms with Crippen LogP contribution in [0.2, 0.25) is 0 Å². The van der Waals surface area contributed by atoms with Crippen molar-refractivity contribution in [2.24, 2.45) is 0 Å². The van der Waals surface area contributed by atoms with Crippen molar-refractivity contribution < 1.29 is 23.0 Å². The monoisotopic (exact) mass is 317 g/mol. The first kappa shape index (κ1) is 17.9. The van der Waals surface area contributed by atoms with Gasteiger partial charge in [0.1, 0.15) is 5.75 Å². The molecule has 0 aliphatic rings. The number of benzene rings is 1. The van der Waals surface area contributed by atoms with E-state index in [1.165, 1.54) is 0 Å². The second-order valence-electron chi connectivity index (χ2n) is 4.59. The van der Waals surface area contributed by atoms with Crippen LogP contribution < -0.4 is 4.72 Å². The molecule has 0 spiro atoms. The van der Waals surface area contributed by atoms with Gasteiger partial charge in [0.15, 0.2) is 0 Å². The maximum Gasteiger partial charge on any atom is 0.213 e. The van der Waals surface area contributed by atoms with Crippen LogP contribution in [0, 0.1) is 0 Å². The molecule has 1 aromatic rings. The number of hydrogen-bond acceptors (Lipinski definition) is 5. The highest BCUT2D eigenvalue weighted by Gasteiger charge is 2.09. The van der Waals surface area contributed by atoms with Gasteiger partial charge in [0, 0.05) is 13.7 Å². The quantitative estimate of drug-likeness (QED) is 0.593. The van der Waals surface area contributed by atoms with Crippen molar-refractivity contribution in [2.45, 2.75) is 12.8 Å². The second-order valence-corrected chi connectivity index (χ2v) is 6.51. The van der Waals surface area contributed by atoms with Crippen LogP contribution in [-0.4, -0.2) is 52.8 Å². The average Bonchev–Trinajstić information content (AvgIpc) is 2.45. The number of ether oxygens (including phenoxy) is 2. The fraction of sp³-hybridized carbons (Fsp3) is 0.571. The molecule has 2 N–H and O–H groups in total. The smallest absolute Gasteiger partial charge is 0.213 e. The van der Waals surface area contributed by atoms with Crippen molar-refractivity contribution in [3.8, 4) is 5.75 Å². The van der Waals surface area contributed by atoms with E-state index in [-0.39, 0.29) is 18.1 Å². The molecule has 120 valence electrons. The van der Waals surface area contributed by atoms with E-state index in [2.05, 4.69) is 4.72 Å². The minimum atomic E-state index is -3.29. The second kappa shape index (κ2) is 9.73. The van der Waals surface area contributed by atoms with E-state index >= 15 is 0 Å². The lowest BCUT2D eigenvalue weighted by Crippen LogP contribution is -2.29. The van der Waals surface area contributed by atoms with Crippen molar-refractivity contribution >= 4 is 10.0 Å². The van der Waals surface area contributed by atoms with Crippen molar-refractivity contribution in [2.75, 3.05) is 39.2 Å². The third-order valence-corrected chi connectivity index (χ3v) is 4.18.